The largest absolute Gasteiger partial charge is 0.358 e. The van der Waals surface area contributed by atoms with Crippen LogP contribution in [0.15, 0.2) is 0 Å². The highest BCUT2D eigenvalue weighted by atomic mass is 79.9. The van der Waals surface area contributed by atoms with Gasteiger partial charge >= 0.3 is 0 Å². The van der Waals surface area contributed by atoms with Crippen molar-refractivity contribution in [3.63, 3.8) is 0 Å². The van der Waals surface area contributed by atoms with Gasteiger partial charge in [0.25, 0.3) is 0 Å². The molecule has 1 saturated carbocycles. The molecule has 0 bridgehead atoms. The molecule has 5 heteroatoms. The van der Waals surface area contributed by atoms with Gasteiger partial charge in [-0.05, 0) is 25.7 Å². The summed E-state index contributed by atoms with van der Waals surface area (Å²) in [6.45, 7) is 4.40. The molecule has 1 heterocycles. The Morgan fingerprint density at radius 1 is 1.53 bits per heavy atom. The molecule has 0 aliphatic heterocycles. The maximum Gasteiger partial charge on any atom is 0.202 e. The second-order valence-electron chi connectivity index (χ2n) is 4.30. The molecule has 0 amide bonds. The second-order valence-corrected chi connectivity index (χ2v) is 5.70. The van der Waals surface area contributed by atoms with Gasteiger partial charge in [-0.3, -0.25) is 0 Å². The molecule has 0 saturated heterocycles. The highest BCUT2D eigenvalue weighted by Crippen LogP contribution is 2.39. The van der Waals surface area contributed by atoms with Crippen molar-refractivity contribution >= 4 is 32.6 Å². The highest BCUT2D eigenvalue weighted by molar-refractivity contribution is 9.09. The van der Waals surface area contributed by atoms with Crippen LogP contribution < -0.4 is 5.32 Å². The summed E-state index contributed by atoms with van der Waals surface area (Å²) in [6.07, 6.45) is 2.53. The van der Waals surface area contributed by atoms with Gasteiger partial charge in [0, 0.05) is 28.8 Å². The summed E-state index contributed by atoms with van der Waals surface area (Å²) >= 11 is 4.98. The summed E-state index contributed by atoms with van der Waals surface area (Å²) in [4.78, 5) is 4.51. The third-order valence-electron chi connectivity index (χ3n) is 2.83. The van der Waals surface area contributed by atoms with Crippen LogP contribution in [0.1, 0.15) is 38.4 Å². The lowest BCUT2D eigenvalue weighted by Gasteiger charge is -2.17. The molecular formula is C10H16BrN3S. The van der Waals surface area contributed by atoms with Crippen molar-refractivity contribution in [3.8, 4) is 0 Å². The third-order valence-corrected chi connectivity index (χ3v) is 4.51. The lowest BCUT2D eigenvalue weighted by atomic mass is 10.1. The number of anilines is 1. The number of aromatic nitrogens is 2. The summed E-state index contributed by atoms with van der Waals surface area (Å²) < 4.78 is 4.37. The zero-order valence-electron chi connectivity index (χ0n) is 9.03. The van der Waals surface area contributed by atoms with Crippen LogP contribution in [0, 0.1) is 5.92 Å². The van der Waals surface area contributed by atoms with E-state index in [1.54, 1.807) is 0 Å². The first-order valence-electron chi connectivity index (χ1n) is 5.36. The topological polar surface area (TPSA) is 37.8 Å². The Kier molecular flexibility index (Phi) is 3.61. The van der Waals surface area contributed by atoms with Crippen molar-refractivity contribution in [1.82, 2.24) is 9.36 Å². The monoisotopic (exact) mass is 289 g/mol. The number of hydrogen-bond donors (Lipinski definition) is 1. The van der Waals surface area contributed by atoms with Crippen molar-refractivity contribution in [2.75, 3.05) is 10.6 Å². The number of nitrogens with zero attached hydrogens (tertiary/aromatic N) is 2. The molecule has 84 valence electrons. The Labute approximate surface area is 103 Å². The summed E-state index contributed by atoms with van der Waals surface area (Å²) in [5, 5.41) is 5.39. The van der Waals surface area contributed by atoms with Crippen LogP contribution in [-0.4, -0.2) is 20.7 Å². The normalized spacial score (nSPS) is 19.9. The Hall–Kier alpha value is -0.160. The maximum atomic E-state index is 4.51. The molecule has 2 atom stereocenters. The standard InChI is InChI=1S/C10H16BrN3S/c1-6(5-11)7(2)12-10-13-9(14-15-10)8-3-4-8/h6-8H,3-5H2,1-2H3,(H,12,13,14). The molecule has 0 radical (unpaired) electrons. The van der Waals surface area contributed by atoms with Crippen LogP contribution >= 0.6 is 27.5 Å². The minimum absolute atomic E-state index is 0.435. The van der Waals surface area contributed by atoms with E-state index in [1.165, 1.54) is 24.4 Å². The Morgan fingerprint density at radius 3 is 2.87 bits per heavy atom. The number of nitrogens with one attached hydrogen (secondary N) is 1. The summed E-state index contributed by atoms with van der Waals surface area (Å²) in [7, 11) is 0. The predicted octanol–water partition coefficient (Wildman–Crippen LogP) is 3.25. The van der Waals surface area contributed by atoms with Gasteiger partial charge in [0.1, 0.15) is 5.82 Å². The molecule has 1 aliphatic rings. The van der Waals surface area contributed by atoms with Crippen LogP contribution in [0.2, 0.25) is 0 Å². The summed E-state index contributed by atoms with van der Waals surface area (Å²) in [6, 6.07) is 0.435. The summed E-state index contributed by atoms with van der Waals surface area (Å²) in [5.41, 5.74) is 0. The van der Waals surface area contributed by atoms with Gasteiger partial charge in [-0.1, -0.05) is 22.9 Å². The van der Waals surface area contributed by atoms with Crippen molar-refractivity contribution in [2.45, 2.75) is 38.6 Å². The van der Waals surface area contributed by atoms with Crippen LogP contribution in [0.5, 0.6) is 0 Å². The number of halogens is 1. The van der Waals surface area contributed by atoms with Crippen molar-refractivity contribution < 1.29 is 0 Å². The molecule has 3 nitrogen and oxygen atoms in total. The first-order chi connectivity index (χ1) is 7.20. The van der Waals surface area contributed by atoms with Gasteiger partial charge in [-0.2, -0.15) is 4.37 Å². The first kappa shape index (κ1) is 11.3. The molecule has 0 spiro atoms. The molecule has 2 unspecified atom stereocenters. The Bertz CT molecular complexity index is 324. The fourth-order valence-electron chi connectivity index (χ4n) is 1.27. The van der Waals surface area contributed by atoms with Crippen LogP contribution in [0.25, 0.3) is 0 Å². The quantitative estimate of drug-likeness (QED) is 0.846. The van der Waals surface area contributed by atoms with Gasteiger partial charge < -0.3 is 5.32 Å². The average Bonchev–Trinajstić information content (AvgIpc) is 2.99. The van der Waals surface area contributed by atoms with Crippen LogP contribution in [0.3, 0.4) is 0 Å². The van der Waals surface area contributed by atoms with Gasteiger partial charge in [0.2, 0.25) is 5.13 Å². The van der Waals surface area contributed by atoms with Crippen molar-refractivity contribution in [1.29, 1.82) is 0 Å². The molecule has 1 N–H and O–H groups in total. The van der Waals surface area contributed by atoms with E-state index in [0.717, 1.165) is 16.3 Å². The van der Waals surface area contributed by atoms with Crippen LogP contribution in [0.4, 0.5) is 5.13 Å². The first-order valence-corrected chi connectivity index (χ1v) is 7.26. The lowest BCUT2D eigenvalue weighted by Crippen LogP contribution is -2.24. The molecule has 1 aromatic rings. The van der Waals surface area contributed by atoms with E-state index in [0.29, 0.717) is 17.9 Å². The van der Waals surface area contributed by atoms with Crippen LogP contribution in [-0.2, 0) is 0 Å². The van der Waals surface area contributed by atoms with E-state index >= 15 is 0 Å². The fraction of sp³-hybridized carbons (Fsp3) is 0.800. The minimum atomic E-state index is 0.435. The van der Waals surface area contributed by atoms with Gasteiger partial charge in [-0.15, -0.1) is 0 Å². The number of rotatable bonds is 5. The van der Waals surface area contributed by atoms with Crippen molar-refractivity contribution in [3.05, 3.63) is 5.82 Å². The molecule has 2 rings (SSSR count). The summed E-state index contributed by atoms with van der Waals surface area (Å²) in [5.74, 6) is 2.29. The zero-order chi connectivity index (χ0) is 10.8. The van der Waals surface area contributed by atoms with E-state index < -0.39 is 0 Å². The molecule has 1 aliphatic carbocycles. The molecule has 1 aromatic heterocycles. The van der Waals surface area contributed by atoms with E-state index in [1.807, 2.05) is 0 Å². The SMILES string of the molecule is CC(CBr)C(C)Nc1nc(C2CC2)ns1. The molecule has 1 fully saturated rings. The zero-order valence-corrected chi connectivity index (χ0v) is 11.4. The van der Waals surface area contributed by atoms with Gasteiger partial charge in [0.15, 0.2) is 0 Å². The smallest absolute Gasteiger partial charge is 0.202 e. The number of hydrogen-bond acceptors (Lipinski definition) is 4. The predicted molar refractivity (Wildman–Crippen MR) is 67.9 cm³/mol. The lowest BCUT2D eigenvalue weighted by molar-refractivity contribution is 0.572. The van der Waals surface area contributed by atoms with E-state index in [-0.39, 0.29) is 0 Å². The van der Waals surface area contributed by atoms with E-state index in [2.05, 4.69) is 44.5 Å². The van der Waals surface area contributed by atoms with Gasteiger partial charge in [0.05, 0.1) is 0 Å². The molecule has 0 aromatic carbocycles. The fourth-order valence-corrected chi connectivity index (χ4v) is 2.58. The molecule has 15 heavy (non-hydrogen) atoms. The van der Waals surface area contributed by atoms with Gasteiger partial charge in [-0.25, -0.2) is 4.98 Å². The Morgan fingerprint density at radius 2 is 2.27 bits per heavy atom. The Balaban J connectivity index is 1.91. The molecular weight excluding hydrogens is 274 g/mol. The third kappa shape index (κ3) is 2.91. The second kappa shape index (κ2) is 4.78. The average molecular weight is 290 g/mol. The maximum absolute atomic E-state index is 4.51. The van der Waals surface area contributed by atoms with E-state index in [9.17, 15) is 0 Å². The number of alkyl halides is 1. The van der Waals surface area contributed by atoms with E-state index in [4.69, 9.17) is 0 Å². The minimum Gasteiger partial charge on any atom is -0.358 e. The van der Waals surface area contributed by atoms with Crippen molar-refractivity contribution in [2.24, 2.45) is 5.92 Å². The highest BCUT2D eigenvalue weighted by Gasteiger charge is 2.28.